The van der Waals surface area contributed by atoms with Crippen molar-refractivity contribution in [3.63, 3.8) is 0 Å². The van der Waals surface area contributed by atoms with Crippen LogP contribution in [0.1, 0.15) is 38.8 Å². The van der Waals surface area contributed by atoms with Crippen molar-refractivity contribution >= 4 is 11.6 Å². The van der Waals surface area contributed by atoms with Crippen LogP contribution in [0.5, 0.6) is 0 Å². The molecule has 0 radical (unpaired) electrons. The number of hydrogen-bond acceptors (Lipinski definition) is 1. The second-order valence-corrected chi connectivity index (χ2v) is 6.01. The van der Waals surface area contributed by atoms with E-state index in [1.54, 1.807) is 0 Å². The molecule has 1 saturated carbocycles. The molecule has 0 aromatic carbocycles. The van der Waals surface area contributed by atoms with E-state index in [-0.39, 0.29) is 0 Å². The topological polar surface area (TPSA) is 17.0 Å². The number of hydrogen-bond donors (Lipinski definition) is 1. The molecule has 0 saturated heterocycles. The van der Waals surface area contributed by atoms with Crippen molar-refractivity contribution in [3.8, 4) is 0 Å². The van der Waals surface area contributed by atoms with Gasteiger partial charge in [-0.25, -0.2) is 0 Å². The minimum atomic E-state index is 0.439. The van der Waals surface area contributed by atoms with Crippen molar-refractivity contribution in [2.75, 3.05) is 0 Å². The van der Waals surface area contributed by atoms with Gasteiger partial charge in [-0.05, 0) is 24.3 Å². The minimum Gasteiger partial charge on any atom is -0.352 e. The van der Waals surface area contributed by atoms with Gasteiger partial charge >= 0.3 is 0 Å². The van der Waals surface area contributed by atoms with Gasteiger partial charge < -0.3 is 9.88 Å². The lowest BCUT2D eigenvalue weighted by atomic mass is 9.87. The van der Waals surface area contributed by atoms with Gasteiger partial charge in [-0.2, -0.15) is 0 Å². The summed E-state index contributed by atoms with van der Waals surface area (Å²) in [4.78, 5) is 0. The SMILES string of the molecule is Cn1cc(Cl)cc1CNC1CCCC1(C)C. The fourth-order valence-corrected chi connectivity index (χ4v) is 2.95. The van der Waals surface area contributed by atoms with Crippen LogP contribution in [-0.2, 0) is 13.6 Å². The molecule has 2 nitrogen and oxygen atoms in total. The smallest absolute Gasteiger partial charge is 0.0585 e. The Morgan fingerprint density at radius 3 is 2.81 bits per heavy atom. The van der Waals surface area contributed by atoms with Gasteiger partial charge in [0.05, 0.1) is 5.02 Å². The zero-order valence-corrected chi connectivity index (χ0v) is 11.1. The van der Waals surface area contributed by atoms with Crippen molar-refractivity contribution in [2.45, 2.75) is 45.7 Å². The van der Waals surface area contributed by atoms with E-state index in [0.29, 0.717) is 11.5 Å². The van der Waals surface area contributed by atoms with Crippen LogP contribution in [0.15, 0.2) is 12.3 Å². The minimum absolute atomic E-state index is 0.439. The van der Waals surface area contributed by atoms with E-state index < -0.39 is 0 Å². The van der Waals surface area contributed by atoms with Crippen LogP contribution in [0.3, 0.4) is 0 Å². The molecule has 1 aliphatic carbocycles. The predicted molar refractivity (Wildman–Crippen MR) is 68.7 cm³/mol. The molecule has 0 bridgehead atoms. The largest absolute Gasteiger partial charge is 0.352 e. The molecule has 2 rings (SSSR count). The lowest BCUT2D eigenvalue weighted by Gasteiger charge is -2.28. The molecule has 1 atom stereocenters. The van der Waals surface area contributed by atoms with Crippen LogP contribution in [0.4, 0.5) is 0 Å². The number of nitrogens with one attached hydrogen (secondary N) is 1. The summed E-state index contributed by atoms with van der Waals surface area (Å²) in [5.74, 6) is 0. The highest BCUT2D eigenvalue weighted by atomic mass is 35.5. The van der Waals surface area contributed by atoms with Gasteiger partial charge in [0, 0.05) is 31.5 Å². The Labute approximate surface area is 103 Å². The zero-order valence-electron chi connectivity index (χ0n) is 10.4. The lowest BCUT2D eigenvalue weighted by Crippen LogP contribution is -2.37. The molecule has 0 spiro atoms. The van der Waals surface area contributed by atoms with Crippen LogP contribution in [0, 0.1) is 5.41 Å². The normalized spacial score (nSPS) is 23.9. The molecule has 1 aliphatic rings. The molecule has 3 heteroatoms. The molecule has 1 aromatic rings. The summed E-state index contributed by atoms with van der Waals surface area (Å²) in [6.45, 7) is 5.63. The third kappa shape index (κ3) is 2.44. The van der Waals surface area contributed by atoms with Gasteiger partial charge in [-0.1, -0.05) is 31.9 Å². The van der Waals surface area contributed by atoms with Crippen LogP contribution in [0.25, 0.3) is 0 Å². The summed E-state index contributed by atoms with van der Waals surface area (Å²) in [6.07, 6.45) is 5.93. The molecule has 16 heavy (non-hydrogen) atoms. The quantitative estimate of drug-likeness (QED) is 0.858. The van der Waals surface area contributed by atoms with E-state index in [0.717, 1.165) is 11.6 Å². The lowest BCUT2D eigenvalue weighted by molar-refractivity contribution is 0.281. The number of nitrogens with zero attached hydrogens (tertiary/aromatic N) is 1. The van der Waals surface area contributed by atoms with E-state index >= 15 is 0 Å². The van der Waals surface area contributed by atoms with Crippen LogP contribution in [0.2, 0.25) is 5.02 Å². The first-order valence-electron chi connectivity index (χ1n) is 6.03. The number of halogens is 1. The second kappa shape index (κ2) is 4.42. The van der Waals surface area contributed by atoms with Gasteiger partial charge in [0.1, 0.15) is 0 Å². The first kappa shape index (κ1) is 12.0. The summed E-state index contributed by atoms with van der Waals surface area (Å²) in [7, 11) is 2.04. The average Bonchev–Trinajstić information content (AvgIpc) is 2.66. The van der Waals surface area contributed by atoms with E-state index in [1.165, 1.54) is 25.0 Å². The molecule has 0 amide bonds. The van der Waals surface area contributed by atoms with Crippen molar-refractivity contribution in [1.29, 1.82) is 0 Å². The molecule has 1 unspecified atom stereocenters. The van der Waals surface area contributed by atoms with E-state index in [9.17, 15) is 0 Å². The Morgan fingerprint density at radius 1 is 1.56 bits per heavy atom. The van der Waals surface area contributed by atoms with Crippen molar-refractivity contribution in [3.05, 3.63) is 23.0 Å². The van der Waals surface area contributed by atoms with E-state index in [1.807, 2.05) is 19.3 Å². The molecular formula is C13H21ClN2. The fraction of sp³-hybridized carbons (Fsp3) is 0.692. The number of aryl methyl sites for hydroxylation is 1. The number of aromatic nitrogens is 1. The van der Waals surface area contributed by atoms with Crippen LogP contribution >= 0.6 is 11.6 Å². The second-order valence-electron chi connectivity index (χ2n) is 5.57. The molecule has 1 heterocycles. The fourth-order valence-electron chi connectivity index (χ4n) is 2.67. The molecule has 90 valence electrons. The number of rotatable bonds is 3. The van der Waals surface area contributed by atoms with E-state index in [4.69, 9.17) is 11.6 Å². The van der Waals surface area contributed by atoms with Crippen molar-refractivity contribution < 1.29 is 0 Å². The van der Waals surface area contributed by atoms with Gasteiger partial charge in [-0.3, -0.25) is 0 Å². The monoisotopic (exact) mass is 240 g/mol. The maximum Gasteiger partial charge on any atom is 0.0585 e. The molecular weight excluding hydrogens is 220 g/mol. The van der Waals surface area contributed by atoms with Gasteiger partial charge in [0.15, 0.2) is 0 Å². The summed E-state index contributed by atoms with van der Waals surface area (Å²) in [5, 5.41) is 4.49. The standard InChI is InChI=1S/C13H21ClN2/c1-13(2)6-4-5-12(13)15-8-11-7-10(14)9-16(11)3/h7,9,12,15H,4-6,8H2,1-3H3. The van der Waals surface area contributed by atoms with Crippen LogP contribution < -0.4 is 5.32 Å². The molecule has 1 aromatic heterocycles. The zero-order chi connectivity index (χ0) is 11.8. The van der Waals surface area contributed by atoms with E-state index in [2.05, 4.69) is 23.7 Å². The van der Waals surface area contributed by atoms with Crippen molar-refractivity contribution in [2.24, 2.45) is 12.5 Å². The van der Waals surface area contributed by atoms with Crippen LogP contribution in [-0.4, -0.2) is 10.6 Å². The highest BCUT2D eigenvalue weighted by Crippen LogP contribution is 2.37. The van der Waals surface area contributed by atoms with Crippen molar-refractivity contribution in [1.82, 2.24) is 9.88 Å². The van der Waals surface area contributed by atoms with Gasteiger partial charge in [0.2, 0.25) is 0 Å². The Balaban J connectivity index is 1.95. The van der Waals surface area contributed by atoms with Gasteiger partial charge in [0.25, 0.3) is 0 Å². The highest BCUT2D eigenvalue weighted by molar-refractivity contribution is 6.30. The van der Waals surface area contributed by atoms with Gasteiger partial charge in [-0.15, -0.1) is 0 Å². The Hall–Kier alpha value is -0.470. The first-order valence-corrected chi connectivity index (χ1v) is 6.41. The summed E-state index contributed by atoms with van der Waals surface area (Å²) in [5.41, 5.74) is 1.70. The predicted octanol–water partition coefficient (Wildman–Crippen LogP) is 3.35. The first-order chi connectivity index (χ1) is 7.49. The summed E-state index contributed by atoms with van der Waals surface area (Å²) >= 11 is 5.97. The third-order valence-electron chi connectivity index (χ3n) is 3.86. The molecule has 1 N–H and O–H groups in total. The Morgan fingerprint density at radius 2 is 2.31 bits per heavy atom. The maximum absolute atomic E-state index is 5.97. The Bertz CT molecular complexity index is 368. The summed E-state index contributed by atoms with van der Waals surface area (Å²) < 4.78 is 2.09. The summed E-state index contributed by atoms with van der Waals surface area (Å²) in [6, 6.07) is 2.68. The molecule has 0 aliphatic heterocycles. The third-order valence-corrected chi connectivity index (χ3v) is 4.07. The maximum atomic E-state index is 5.97. The Kier molecular flexibility index (Phi) is 3.32. The average molecular weight is 241 g/mol. The molecule has 1 fully saturated rings. The highest BCUT2D eigenvalue weighted by Gasteiger charge is 2.33.